The van der Waals surface area contributed by atoms with E-state index in [1.54, 1.807) is 12.1 Å². The van der Waals surface area contributed by atoms with Gasteiger partial charge >= 0.3 is 0 Å². The molecule has 0 saturated carbocycles. The second kappa shape index (κ2) is 4.71. The van der Waals surface area contributed by atoms with Crippen LogP contribution in [0.2, 0.25) is 10.0 Å². The maximum atomic E-state index is 6.15. The first-order chi connectivity index (χ1) is 9.06. The number of hydrogen-bond acceptors (Lipinski definition) is 3. The summed E-state index contributed by atoms with van der Waals surface area (Å²) in [6, 6.07) is 8.87. The molecule has 3 aromatic rings. The van der Waals surface area contributed by atoms with Crippen molar-refractivity contribution in [3.63, 3.8) is 0 Å². The molecule has 6 heteroatoms. The lowest BCUT2D eigenvalue weighted by Crippen LogP contribution is -1.92. The molecule has 1 heterocycles. The van der Waals surface area contributed by atoms with Crippen molar-refractivity contribution in [2.24, 2.45) is 0 Å². The van der Waals surface area contributed by atoms with E-state index in [0.717, 1.165) is 9.99 Å². The summed E-state index contributed by atoms with van der Waals surface area (Å²) in [7, 11) is 0. The molecule has 0 aliphatic carbocycles. The Labute approximate surface area is 127 Å². The van der Waals surface area contributed by atoms with Crippen LogP contribution < -0.4 is 5.73 Å². The molecule has 0 fully saturated rings. The number of anilines is 1. The van der Waals surface area contributed by atoms with Crippen LogP contribution in [0.4, 0.5) is 5.69 Å². The average Bonchev–Trinajstić information content (AvgIpc) is 2.77. The molecule has 0 amide bonds. The summed E-state index contributed by atoms with van der Waals surface area (Å²) in [5, 5.41) is 0.871. The Kier molecular flexibility index (Phi) is 3.17. The van der Waals surface area contributed by atoms with Gasteiger partial charge in [0.25, 0.3) is 0 Å². The van der Waals surface area contributed by atoms with Crippen molar-refractivity contribution in [1.82, 2.24) is 4.98 Å². The molecule has 2 aromatic carbocycles. The van der Waals surface area contributed by atoms with E-state index in [1.165, 1.54) is 0 Å². The van der Waals surface area contributed by atoms with Crippen molar-refractivity contribution in [2.45, 2.75) is 0 Å². The predicted molar refractivity (Wildman–Crippen MR) is 81.6 cm³/mol. The summed E-state index contributed by atoms with van der Waals surface area (Å²) in [4.78, 5) is 4.39. The molecule has 3 rings (SSSR count). The number of fused-ring (bicyclic) bond motifs is 1. The maximum Gasteiger partial charge on any atom is 0.230 e. The SMILES string of the molecule is Nc1c(Cl)ccc(Cl)c1-c1nc2cc(Br)ccc2o1. The van der Waals surface area contributed by atoms with Crippen molar-refractivity contribution >= 4 is 55.9 Å². The minimum absolute atomic E-state index is 0.359. The smallest absolute Gasteiger partial charge is 0.230 e. The standard InChI is InChI=1S/C13H7BrCl2N2O/c14-6-1-4-10-9(5-6)18-13(19-10)11-7(15)2-3-8(16)12(11)17/h1-5H,17H2. The summed E-state index contributed by atoms with van der Waals surface area (Å²) >= 11 is 15.5. The first-order valence-corrected chi connectivity index (χ1v) is 6.91. The van der Waals surface area contributed by atoms with Crippen molar-refractivity contribution in [3.05, 3.63) is 44.8 Å². The lowest BCUT2D eigenvalue weighted by atomic mass is 10.2. The largest absolute Gasteiger partial charge is 0.436 e. The Balaban J connectivity index is 2.27. The minimum atomic E-state index is 0.359. The average molecular weight is 358 g/mol. The van der Waals surface area contributed by atoms with Crippen molar-refractivity contribution in [1.29, 1.82) is 0 Å². The molecule has 0 unspecified atom stereocenters. The molecule has 96 valence electrons. The summed E-state index contributed by atoms with van der Waals surface area (Å²) in [6.45, 7) is 0. The van der Waals surface area contributed by atoms with Gasteiger partial charge in [0.15, 0.2) is 5.58 Å². The lowest BCUT2D eigenvalue weighted by molar-refractivity contribution is 0.620. The van der Waals surface area contributed by atoms with Crippen LogP contribution in [-0.2, 0) is 0 Å². The van der Waals surface area contributed by atoms with E-state index in [9.17, 15) is 0 Å². The van der Waals surface area contributed by atoms with E-state index in [2.05, 4.69) is 20.9 Å². The normalized spacial score (nSPS) is 11.1. The molecule has 2 N–H and O–H groups in total. The van der Waals surface area contributed by atoms with Gasteiger partial charge in [-0.2, -0.15) is 0 Å². The zero-order valence-electron chi connectivity index (χ0n) is 9.45. The number of aromatic nitrogens is 1. The number of hydrogen-bond donors (Lipinski definition) is 1. The van der Waals surface area contributed by atoms with Crippen molar-refractivity contribution in [2.75, 3.05) is 5.73 Å². The summed E-state index contributed by atoms with van der Waals surface area (Å²) < 4.78 is 6.59. The van der Waals surface area contributed by atoms with Gasteiger partial charge < -0.3 is 10.2 Å². The van der Waals surface area contributed by atoms with Crippen LogP contribution in [0.1, 0.15) is 0 Å². The van der Waals surface area contributed by atoms with Crippen LogP contribution in [0.5, 0.6) is 0 Å². The van der Waals surface area contributed by atoms with Crippen molar-refractivity contribution < 1.29 is 4.42 Å². The van der Waals surface area contributed by atoms with Crippen LogP contribution >= 0.6 is 39.1 Å². The number of nitrogens with two attached hydrogens (primary N) is 1. The zero-order valence-corrected chi connectivity index (χ0v) is 12.6. The Morgan fingerprint density at radius 3 is 2.63 bits per heavy atom. The molecule has 3 nitrogen and oxygen atoms in total. The highest BCUT2D eigenvalue weighted by Crippen LogP contribution is 2.38. The predicted octanol–water partition coefficient (Wildman–Crippen LogP) is 5.15. The Hall–Kier alpha value is -1.23. The molecule has 0 aliphatic heterocycles. The quantitative estimate of drug-likeness (QED) is 0.613. The highest BCUT2D eigenvalue weighted by Gasteiger charge is 2.16. The fourth-order valence-electron chi connectivity index (χ4n) is 1.79. The number of benzene rings is 2. The van der Waals surface area contributed by atoms with E-state index in [4.69, 9.17) is 33.4 Å². The molecule has 0 spiro atoms. The van der Waals surface area contributed by atoms with E-state index in [0.29, 0.717) is 32.8 Å². The summed E-state index contributed by atoms with van der Waals surface area (Å²) in [5.74, 6) is 0.359. The van der Waals surface area contributed by atoms with E-state index >= 15 is 0 Å². The number of halogens is 3. The molecule has 0 saturated heterocycles. The number of nitrogens with zero attached hydrogens (tertiary/aromatic N) is 1. The van der Waals surface area contributed by atoms with Gasteiger partial charge in [-0.25, -0.2) is 4.98 Å². The Morgan fingerprint density at radius 1 is 1.11 bits per heavy atom. The fourth-order valence-corrected chi connectivity index (χ4v) is 2.54. The van der Waals surface area contributed by atoms with Gasteiger partial charge in [-0.15, -0.1) is 0 Å². The molecule has 0 atom stereocenters. The van der Waals surface area contributed by atoms with Crippen LogP contribution in [-0.4, -0.2) is 4.98 Å². The third-order valence-electron chi connectivity index (χ3n) is 2.70. The Morgan fingerprint density at radius 2 is 1.84 bits per heavy atom. The molecule has 0 aliphatic rings. The van der Waals surface area contributed by atoms with Gasteiger partial charge in [0.05, 0.1) is 21.3 Å². The van der Waals surface area contributed by atoms with Crippen molar-refractivity contribution in [3.8, 4) is 11.5 Å². The molecule has 1 aromatic heterocycles. The third-order valence-corrected chi connectivity index (χ3v) is 3.84. The first kappa shape index (κ1) is 12.8. The van der Waals surface area contributed by atoms with Gasteiger partial charge in [-0.1, -0.05) is 39.1 Å². The molecular formula is C13H7BrCl2N2O. The van der Waals surface area contributed by atoms with Crippen LogP contribution in [0.25, 0.3) is 22.6 Å². The first-order valence-electron chi connectivity index (χ1n) is 5.36. The van der Waals surface area contributed by atoms with Crippen LogP contribution in [0.15, 0.2) is 39.2 Å². The van der Waals surface area contributed by atoms with E-state index in [-0.39, 0.29) is 0 Å². The minimum Gasteiger partial charge on any atom is -0.436 e. The summed E-state index contributed by atoms with van der Waals surface area (Å²) in [5.41, 5.74) is 8.20. The van der Waals surface area contributed by atoms with E-state index < -0.39 is 0 Å². The highest BCUT2D eigenvalue weighted by molar-refractivity contribution is 9.10. The third kappa shape index (κ3) is 2.20. The maximum absolute atomic E-state index is 6.15. The number of nitrogen functional groups attached to an aromatic ring is 1. The Bertz CT molecular complexity index is 786. The number of oxazole rings is 1. The lowest BCUT2D eigenvalue weighted by Gasteiger charge is -2.05. The topological polar surface area (TPSA) is 52.0 Å². The van der Waals surface area contributed by atoms with E-state index in [1.807, 2.05) is 18.2 Å². The monoisotopic (exact) mass is 356 g/mol. The highest BCUT2D eigenvalue weighted by atomic mass is 79.9. The second-order valence-electron chi connectivity index (χ2n) is 3.95. The fraction of sp³-hybridized carbons (Fsp3) is 0. The van der Waals surface area contributed by atoms with Crippen LogP contribution in [0.3, 0.4) is 0 Å². The van der Waals surface area contributed by atoms with Crippen LogP contribution in [0, 0.1) is 0 Å². The molecule has 0 radical (unpaired) electrons. The van der Waals surface area contributed by atoms with Gasteiger partial charge in [-0.3, -0.25) is 0 Å². The van der Waals surface area contributed by atoms with Gasteiger partial charge in [0.1, 0.15) is 5.52 Å². The number of rotatable bonds is 1. The molecular weight excluding hydrogens is 351 g/mol. The zero-order chi connectivity index (χ0) is 13.6. The van der Waals surface area contributed by atoms with Gasteiger partial charge in [0.2, 0.25) is 5.89 Å². The second-order valence-corrected chi connectivity index (χ2v) is 5.68. The molecule has 19 heavy (non-hydrogen) atoms. The van der Waals surface area contributed by atoms with Gasteiger partial charge in [0, 0.05) is 4.47 Å². The molecule has 0 bridgehead atoms. The van der Waals surface area contributed by atoms with Gasteiger partial charge in [-0.05, 0) is 30.3 Å². The summed E-state index contributed by atoms with van der Waals surface area (Å²) in [6.07, 6.45) is 0.